The van der Waals surface area contributed by atoms with Gasteiger partial charge in [0.2, 0.25) is 11.8 Å². The highest BCUT2D eigenvalue weighted by molar-refractivity contribution is 7.98. The van der Waals surface area contributed by atoms with E-state index in [1.54, 1.807) is 11.8 Å². The molecule has 20 heavy (non-hydrogen) atoms. The summed E-state index contributed by atoms with van der Waals surface area (Å²) in [4.78, 5) is 35.8. The topological polar surface area (TPSA) is 113 Å². The maximum atomic E-state index is 11.9. The first kappa shape index (κ1) is 16.8. The van der Waals surface area contributed by atoms with Crippen LogP contribution in [0.3, 0.4) is 0 Å². The maximum Gasteiger partial charge on any atom is 0.326 e. The van der Waals surface area contributed by atoms with Crippen molar-refractivity contribution < 1.29 is 19.5 Å². The highest BCUT2D eigenvalue weighted by Gasteiger charge is 2.33. The average Bonchev–Trinajstić information content (AvgIpc) is 2.91. The molecule has 1 saturated heterocycles. The molecule has 0 radical (unpaired) electrons. The third-order valence-electron chi connectivity index (χ3n) is 3.24. The van der Waals surface area contributed by atoms with Crippen LogP contribution in [-0.2, 0) is 14.4 Å². The van der Waals surface area contributed by atoms with Crippen LogP contribution in [0.5, 0.6) is 0 Å². The van der Waals surface area contributed by atoms with Crippen molar-refractivity contribution in [3.8, 4) is 0 Å². The number of carbonyl (C=O) groups is 3. The van der Waals surface area contributed by atoms with Gasteiger partial charge in [-0.3, -0.25) is 9.59 Å². The maximum absolute atomic E-state index is 11.9. The Balaban J connectivity index is 2.39. The molecule has 1 heterocycles. The van der Waals surface area contributed by atoms with Crippen LogP contribution in [0.25, 0.3) is 0 Å². The van der Waals surface area contributed by atoms with Gasteiger partial charge in [-0.25, -0.2) is 4.79 Å². The van der Waals surface area contributed by atoms with E-state index in [-0.39, 0.29) is 18.4 Å². The lowest BCUT2D eigenvalue weighted by atomic mass is 10.2. The molecule has 4 N–H and O–H groups in total. The zero-order valence-corrected chi connectivity index (χ0v) is 12.3. The van der Waals surface area contributed by atoms with Crippen LogP contribution in [0.15, 0.2) is 0 Å². The summed E-state index contributed by atoms with van der Waals surface area (Å²) >= 11 is 1.60. The molecule has 1 aliphatic heterocycles. The molecular formula is C12H21N3O4S. The van der Waals surface area contributed by atoms with Crippen molar-refractivity contribution >= 4 is 29.5 Å². The second-order valence-electron chi connectivity index (χ2n) is 4.69. The smallest absolute Gasteiger partial charge is 0.326 e. The van der Waals surface area contributed by atoms with Crippen LogP contribution < -0.4 is 11.1 Å². The summed E-state index contributed by atoms with van der Waals surface area (Å²) in [7, 11) is 0. The van der Waals surface area contributed by atoms with Crippen molar-refractivity contribution in [1.82, 2.24) is 10.2 Å². The van der Waals surface area contributed by atoms with Gasteiger partial charge in [-0.1, -0.05) is 0 Å². The first-order chi connectivity index (χ1) is 9.47. The zero-order valence-electron chi connectivity index (χ0n) is 11.5. The zero-order chi connectivity index (χ0) is 15.1. The number of carbonyl (C=O) groups excluding carboxylic acids is 2. The number of likely N-dealkylation sites (tertiary alicyclic amines) is 1. The summed E-state index contributed by atoms with van der Waals surface area (Å²) in [6.45, 7) is 0.222. The lowest BCUT2D eigenvalue weighted by Crippen LogP contribution is -2.48. The quantitative estimate of drug-likeness (QED) is 0.571. The van der Waals surface area contributed by atoms with Crippen molar-refractivity contribution in [3.63, 3.8) is 0 Å². The van der Waals surface area contributed by atoms with Gasteiger partial charge in [0.05, 0.1) is 12.6 Å². The van der Waals surface area contributed by atoms with E-state index in [1.165, 1.54) is 4.90 Å². The molecule has 2 atom stereocenters. The molecule has 7 nitrogen and oxygen atoms in total. The normalized spacial score (nSPS) is 19.7. The molecule has 0 unspecified atom stereocenters. The Hall–Kier alpha value is -1.28. The predicted octanol–water partition coefficient (Wildman–Crippen LogP) is -0.741. The molecule has 0 aromatic rings. The fraction of sp³-hybridized carbons (Fsp3) is 0.750. The molecule has 114 valence electrons. The Morgan fingerprint density at radius 1 is 1.50 bits per heavy atom. The number of thioether (sulfide) groups is 1. The number of nitrogens with zero attached hydrogens (tertiary/aromatic N) is 1. The fourth-order valence-corrected chi connectivity index (χ4v) is 2.58. The minimum atomic E-state index is -1.00. The van der Waals surface area contributed by atoms with Gasteiger partial charge in [-0.15, -0.1) is 0 Å². The largest absolute Gasteiger partial charge is 0.480 e. The lowest BCUT2D eigenvalue weighted by Gasteiger charge is -2.22. The summed E-state index contributed by atoms with van der Waals surface area (Å²) in [6.07, 6.45) is 3.60. The van der Waals surface area contributed by atoms with E-state index in [0.717, 1.165) is 5.75 Å². The number of nitrogens with two attached hydrogens (primary N) is 1. The van der Waals surface area contributed by atoms with Crippen LogP contribution in [0.1, 0.15) is 19.3 Å². The molecule has 1 fully saturated rings. The van der Waals surface area contributed by atoms with Gasteiger partial charge < -0.3 is 21.1 Å². The molecule has 2 amide bonds. The van der Waals surface area contributed by atoms with Crippen LogP contribution in [0, 0.1) is 0 Å². The first-order valence-corrected chi connectivity index (χ1v) is 7.91. The molecule has 0 aromatic heterocycles. The third kappa shape index (κ3) is 4.68. The number of amides is 2. The van der Waals surface area contributed by atoms with E-state index >= 15 is 0 Å². The SMILES string of the molecule is CSCC[C@H](N)C(=O)NCC(=O)N1CCC[C@H]1C(=O)O. The summed E-state index contributed by atoms with van der Waals surface area (Å²) in [5.41, 5.74) is 5.67. The Labute approximate surface area is 122 Å². The van der Waals surface area contributed by atoms with E-state index < -0.39 is 18.1 Å². The summed E-state index contributed by atoms with van der Waals surface area (Å²) in [5, 5.41) is 11.5. The van der Waals surface area contributed by atoms with Gasteiger partial charge >= 0.3 is 5.97 Å². The van der Waals surface area contributed by atoms with Crippen LogP contribution in [0.2, 0.25) is 0 Å². The minimum absolute atomic E-state index is 0.199. The van der Waals surface area contributed by atoms with Crippen molar-refractivity contribution in [2.24, 2.45) is 5.73 Å². The van der Waals surface area contributed by atoms with E-state index in [4.69, 9.17) is 10.8 Å². The number of aliphatic carboxylic acids is 1. The molecular weight excluding hydrogens is 282 g/mol. The van der Waals surface area contributed by atoms with E-state index in [1.807, 2.05) is 6.26 Å². The molecule has 0 saturated carbocycles. The standard InChI is InChI=1S/C12H21N3O4S/c1-20-6-4-8(13)11(17)14-7-10(16)15-5-2-3-9(15)12(18)19/h8-9H,2-7,13H2,1H3,(H,14,17)(H,18,19)/t8-,9-/m0/s1. The second kappa shape index (κ2) is 8.11. The monoisotopic (exact) mass is 303 g/mol. The fourth-order valence-electron chi connectivity index (χ4n) is 2.09. The van der Waals surface area contributed by atoms with E-state index in [0.29, 0.717) is 25.8 Å². The van der Waals surface area contributed by atoms with Gasteiger partial charge in [0.1, 0.15) is 6.04 Å². The number of rotatable bonds is 7. The Bertz CT molecular complexity index is 378. The Kier molecular flexibility index (Phi) is 6.80. The summed E-state index contributed by atoms with van der Waals surface area (Å²) in [5.74, 6) is -0.979. The number of hydrogen-bond donors (Lipinski definition) is 3. The van der Waals surface area contributed by atoms with Gasteiger partial charge in [-0.05, 0) is 31.3 Å². The Morgan fingerprint density at radius 2 is 2.20 bits per heavy atom. The second-order valence-corrected chi connectivity index (χ2v) is 5.67. The minimum Gasteiger partial charge on any atom is -0.480 e. The van der Waals surface area contributed by atoms with Crippen LogP contribution in [-0.4, -0.2) is 65.0 Å². The Morgan fingerprint density at radius 3 is 2.80 bits per heavy atom. The lowest BCUT2D eigenvalue weighted by molar-refractivity contribution is -0.148. The molecule has 8 heteroatoms. The van der Waals surface area contributed by atoms with Crippen molar-refractivity contribution in [3.05, 3.63) is 0 Å². The molecule has 0 aliphatic carbocycles. The molecule has 0 spiro atoms. The van der Waals surface area contributed by atoms with Crippen LogP contribution in [0.4, 0.5) is 0 Å². The number of carboxylic acid groups (broad SMARTS) is 1. The molecule has 1 aliphatic rings. The number of hydrogen-bond acceptors (Lipinski definition) is 5. The highest BCUT2D eigenvalue weighted by Crippen LogP contribution is 2.17. The molecule has 1 rings (SSSR count). The first-order valence-electron chi connectivity index (χ1n) is 6.52. The van der Waals surface area contributed by atoms with Gasteiger partial charge in [0.25, 0.3) is 0 Å². The number of nitrogens with one attached hydrogen (secondary N) is 1. The van der Waals surface area contributed by atoms with Gasteiger partial charge in [0, 0.05) is 6.54 Å². The van der Waals surface area contributed by atoms with E-state index in [2.05, 4.69) is 5.32 Å². The molecule has 0 bridgehead atoms. The molecule has 0 aromatic carbocycles. The highest BCUT2D eigenvalue weighted by atomic mass is 32.2. The third-order valence-corrected chi connectivity index (χ3v) is 3.89. The average molecular weight is 303 g/mol. The summed E-state index contributed by atoms with van der Waals surface area (Å²) < 4.78 is 0. The van der Waals surface area contributed by atoms with Crippen molar-refractivity contribution in [1.29, 1.82) is 0 Å². The van der Waals surface area contributed by atoms with Crippen molar-refractivity contribution in [2.45, 2.75) is 31.3 Å². The van der Waals surface area contributed by atoms with E-state index in [9.17, 15) is 14.4 Å². The van der Waals surface area contributed by atoms with Crippen LogP contribution >= 0.6 is 11.8 Å². The van der Waals surface area contributed by atoms with Gasteiger partial charge in [-0.2, -0.15) is 11.8 Å². The summed E-state index contributed by atoms with van der Waals surface area (Å²) in [6, 6.07) is -1.41. The predicted molar refractivity (Wildman–Crippen MR) is 76.4 cm³/mol. The number of carboxylic acids is 1. The van der Waals surface area contributed by atoms with Gasteiger partial charge in [0.15, 0.2) is 0 Å². The van der Waals surface area contributed by atoms with Crippen molar-refractivity contribution in [2.75, 3.05) is 25.1 Å².